The van der Waals surface area contributed by atoms with Crippen LogP contribution in [0.5, 0.6) is 0 Å². The molecule has 0 aromatic carbocycles. The number of aliphatic hydroxyl groups is 1. The number of aliphatic hydroxyl groups excluding tert-OH is 1. The summed E-state index contributed by atoms with van der Waals surface area (Å²) in [7, 11) is 1.89. The SMILES string of the molecule is CC1OCCC1C(O)Cc1ccn(C)n1. The fraction of sp³-hybridized carbons (Fsp3) is 0.727. The Morgan fingerprint density at radius 2 is 2.53 bits per heavy atom. The van der Waals surface area contributed by atoms with E-state index in [1.165, 1.54) is 0 Å². The van der Waals surface area contributed by atoms with Crippen molar-refractivity contribution in [2.45, 2.75) is 32.0 Å². The maximum Gasteiger partial charge on any atom is 0.0650 e. The van der Waals surface area contributed by atoms with E-state index in [1.54, 1.807) is 4.68 Å². The summed E-state index contributed by atoms with van der Waals surface area (Å²) >= 11 is 0. The lowest BCUT2D eigenvalue weighted by Crippen LogP contribution is -2.28. The first-order valence-corrected chi connectivity index (χ1v) is 5.45. The summed E-state index contributed by atoms with van der Waals surface area (Å²) in [4.78, 5) is 0. The molecule has 1 aromatic heterocycles. The molecule has 1 N–H and O–H groups in total. The van der Waals surface area contributed by atoms with Gasteiger partial charge in [-0.2, -0.15) is 5.10 Å². The average molecular weight is 210 g/mol. The summed E-state index contributed by atoms with van der Waals surface area (Å²) in [5, 5.41) is 14.3. The van der Waals surface area contributed by atoms with Crippen molar-refractivity contribution in [2.75, 3.05) is 6.61 Å². The van der Waals surface area contributed by atoms with Gasteiger partial charge in [0.25, 0.3) is 0 Å². The number of rotatable bonds is 3. The van der Waals surface area contributed by atoms with E-state index in [4.69, 9.17) is 4.74 Å². The second kappa shape index (κ2) is 4.33. The van der Waals surface area contributed by atoms with E-state index < -0.39 is 0 Å². The number of ether oxygens (including phenoxy) is 1. The maximum absolute atomic E-state index is 10.1. The molecule has 15 heavy (non-hydrogen) atoms. The molecule has 0 spiro atoms. The lowest BCUT2D eigenvalue weighted by molar-refractivity contribution is 0.0436. The van der Waals surface area contributed by atoms with Gasteiger partial charge < -0.3 is 9.84 Å². The molecular formula is C11H18N2O2. The molecule has 1 saturated heterocycles. The average Bonchev–Trinajstić information content (AvgIpc) is 2.75. The van der Waals surface area contributed by atoms with Crippen molar-refractivity contribution in [3.63, 3.8) is 0 Å². The van der Waals surface area contributed by atoms with Crippen LogP contribution in [0.4, 0.5) is 0 Å². The summed E-state index contributed by atoms with van der Waals surface area (Å²) in [6.07, 6.45) is 3.31. The first kappa shape index (κ1) is 10.6. The highest BCUT2D eigenvalue weighted by molar-refractivity contribution is 5.01. The Kier molecular flexibility index (Phi) is 3.07. The minimum Gasteiger partial charge on any atom is -0.392 e. The zero-order chi connectivity index (χ0) is 10.8. The van der Waals surface area contributed by atoms with Crippen LogP contribution < -0.4 is 0 Å². The summed E-state index contributed by atoms with van der Waals surface area (Å²) in [6, 6.07) is 1.95. The van der Waals surface area contributed by atoms with Gasteiger partial charge in [0.05, 0.1) is 17.9 Å². The van der Waals surface area contributed by atoms with Gasteiger partial charge >= 0.3 is 0 Å². The molecule has 0 amide bonds. The van der Waals surface area contributed by atoms with E-state index >= 15 is 0 Å². The highest BCUT2D eigenvalue weighted by atomic mass is 16.5. The molecule has 1 fully saturated rings. The lowest BCUT2D eigenvalue weighted by Gasteiger charge is -2.19. The molecule has 0 aliphatic carbocycles. The van der Waals surface area contributed by atoms with Crippen LogP contribution in [0, 0.1) is 5.92 Å². The van der Waals surface area contributed by atoms with Gasteiger partial charge in [0.2, 0.25) is 0 Å². The van der Waals surface area contributed by atoms with E-state index in [0.29, 0.717) is 6.42 Å². The van der Waals surface area contributed by atoms with Crippen LogP contribution in [0.25, 0.3) is 0 Å². The van der Waals surface area contributed by atoms with Crippen LogP contribution in [0.1, 0.15) is 19.0 Å². The summed E-state index contributed by atoms with van der Waals surface area (Å²) in [5.74, 6) is 0.256. The third-order valence-electron chi connectivity index (χ3n) is 3.12. The Morgan fingerprint density at radius 3 is 3.07 bits per heavy atom. The van der Waals surface area contributed by atoms with Gasteiger partial charge in [-0.05, 0) is 19.4 Å². The monoisotopic (exact) mass is 210 g/mol. The fourth-order valence-electron chi connectivity index (χ4n) is 2.19. The fourth-order valence-corrected chi connectivity index (χ4v) is 2.19. The summed E-state index contributed by atoms with van der Waals surface area (Å²) in [5.41, 5.74) is 0.948. The van der Waals surface area contributed by atoms with Crippen LogP contribution in [0.15, 0.2) is 12.3 Å². The van der Waals surface area contributed by atoms with Crippen molar-refractivity contribution < 1.29 is 9.84 Å². The maximum atomic E-state index is 10.1. The third kappa shape index (κ3) is 2.38. The molecule has 1 aliphatic heterocycles. The van der Waals surface area contributed by atoms with Gasteiger partial charge in [0, 0.05) is 32.2 Å². The van der Waals surface area contributed by atoms with Gasteiger partial charge in [-0.3, -0.25) is 4.68 Å². The van der Waals surface area contributed by atoms with Crippen molar-refractivity contribution in [2.24, 2.45) is 13.0 Å². The molecule has 4 nitrogen and oxygen atoms in total. The minimum absolute atomic E-state index is 0.170. The van der Waals surface area contributed by atoms with Gasteiger partial charge in [-0.1, -0.05) is 0 Å². The van der Waals surface area contributed by atoms with Crippen LogP contribution in [0.2, 0.25) is 0 Å². The number of aryl methyl sites for hydroxylation is 1. The largest absolute Gasteiger partial charge is 0.392 e. The quantitative estimate of drug-likeness (QED) is 0.800. The lowest BCUT2D eigenvalue weighted by atomic mass is 9.93. The number of hydrogen-bond acceptors (Lipinski definition) is 3. The molecule has 1 aromatic rings. The van der Waals surface area contributed by atoms with E-state index in [-0.39, 0.29) is 18.1 Å². The third-order valence-corrected chi connectivity index (χ3v) is 3.12. The van der Waals surface area contributed by atoms with Gasteiger partial charge in [-0.15, -0.1) is 0 Å². The molecule has 0 bridgehead atoms. The number of nitrogens with zero attached hydrogens (tertiary/aromatic N) is 2. The second-order valence-corrected chi connectivity index (χ2v) is 4.28. The van der Waals surface area contributed by atoms with Crippen LogP contribution in [0.3, 0.4) is 0 Å². The Balaban J connectivity index is 1.94. The van der Waals surface area contributed by atoms with Crippen LogP contribution in [-0.2, 0) is 18.2 Å². The smallest absolute Gasteiger partial charge is 0.0650 e. The van der Waals surface area contributed by atoms with Crippen LogP contribution in [-0.4, -0.2) is 33.7 Å². The predicted octanol–water partition coefficient (Wildman–Crippen LogP) is 0.748. The molecule has 4 heteroatoms. The highest BCUT2D eigenvalue weighted by Crippen LogP contribution is 2.25. The van der Waals surface area contributed by atoms with Crippen molar-refractivity contribution >= 4 is 0 Å². The van der Waals surface area contributed by atoms with E-state index in [0.717, 1.165) is 18.7 Å². The minimum atomic E-state index is -0.336. The standard InChI is InChI=1S/C11H18N2O2/c1-8-10(4-6-15-8)11(14)7-9-3-5-13(2)12-9/h3,5,8,10-11,14H,4,6-7H2,1-2H3. The van der Waals surface area contributed by atoms with Gasteiger partial charge in [0.15, 0.2) is 0 Å². The van der Waals surface area contributed by atoms with Crippen molar-refractivity contribution in [1.29, 1.82) is 0 Å². The zero-order valence-electron chi connectivity index (χ0n) is 9.26. The molecule has 2 rings (SSSR count). The van der Waals surface area contributed by atoms with Crippen molar-refractivity contribution in [3.05, 3.63) is 18.0 Å². The first-order valence-electron chi connectivity index (χ1n) is 5.45. The molecule has 0 saturated carbocycles. The van der Waals surface area contributed by atoms with Gasteiger partial charge in [0.1, 0.15) is 0 Å². The molecule has 3 atom stereocenters. The number of aromatic nitrogens is 2. The topological polar surface area (TPSA) is 47.3 Å². The molecule has 0 radical (unpaired) electrons. The molecule has 84 valence electrons. The Bertz CT molecular complexity index is 324. The van der Waals surface area contributed by atoms with E-state index in [9.17, 15) is 5.11 Å². The van der Waals surface area contributed by atoms with Crippen LogP contribution >= 0.6 is 0 Å². The molecular weight excluding hydrogens is 192 g/mol. The summed E-state index contributed by atoms with van der Waals surface area (Å²) in [6.45, 7) is 2.80. The molecule has 2 heterocycles. The Labute approximate surface area is 89.9 Å². The Morgan fingerprint density at radius 1 is 1.73 bits per heavy atom. The van der Waals surface area contributed by atoms with E-state index in [1.807, 2.05) is 26.2 Å². The second-order valence-electron chi connectivity index (χ2n) is 4.28. The van der Waals surface area contributed by atoms with E-state index in [2.05, 4.69) is 5.10 Å². The number of hydrogen-bond donors (Lipinski definition) is 1. The predicted molar refractivity (Wildman–Crippen MR) is 56.4 cm³/mol. The van der Waals surface area contributed by atoms with Gasteiger partial charge in [-0.25, -0.2) is 0 Å². The molecule has 1 aliphatic rings. The highest BCUT2D eigenvalue weighted by Gasteiger charge is 2.30. The normalized spacial score (nSPS) is 28.2. The summed E-state index contributed by atoms with van der Waals surface area (Å²) < 4.78 is 7.20. The Hall–Kier alpha value is -0.870. The van der Waals surface area contributed by atoms with Crippen molar-refractivity contribution in [1.82, 2.24) is 9.78 Å². The molecule has 3 unspecified atom stereocenters. The van der Waals surface area contributed by atoms with Crippen molar-refractivity contribution in [3.8, 4) is 0 Å². The zero-order valence-corrected chi connectivity index (χ0v) is 9.26. The first-order chi connectivity index (χ1) is 7.16.